The van der Waals surface area contributed by atoms with Gasteiger partial charge in [0, 0.05) is 35.7 Å². The number of rotatable bonds is 4. The van der Waals surface area contributed by atoms with Crippen LogP contribution in [-0.2, 0) is 12.8 Å². The quantitative estimate of drug-likeness (QED) is 0.476. The van der Waals surface area contributed by atoms with Crippen LogP contribution in [-0.4, -0.2) is 14.8 Å². The highest BCUT2D eigenvalue weighted by molar-refractivity contribution is 7.98. The summed E-state index contributed by atoms with van der Waals surface area (Å²) < 4.78 is 1.79. The van der Waals surface area contributed by atoms with Crippen molar-refractivity contribution in [3.05, 3.63) is 36.3 Å². The number of aryl methyl sites for hydroxylation is 1. The third kappa shape index (κ3) is 2.53. The van der Waals surface area contributed by atoms with Crippen molar-refractivity contribution in [3.63, 3.8) is 0 Å². The molecule has 0 radical (unpaired) electrons. The molecule has 16 heavy (non-hydrogen) atoms. The van der Waals surface area contributed by atoms with Gasteiger partial charge in [0.1, 0.15) is 5.82 Å². The number of nitrogens with one attached hydrogen (secondary N) is 1. The summed E-state index contributed by atoms with van der Waals surface area (Å²) in [7, 11) is 1.90. The van der Waals surface area contributed by atoms with Crippen LogP contribution in [0.2, 0.25) is 0 Å². The van der Waals surface area contributed by atoms with E-state index in [-0.39, 0.29) is 0 Å². The average molecular weight is 235 g/mol. The Morgan fingerprint density at radius 2 is 2.44 bits per heavy atom. The van der Waals surface area contributed by atoms with Gasteiger partial charge < -0.3 is 5.43 Å². The van der Waals surface area contributed by atoms with Crippen LogP contribution in [0.3, 0.4) is 0 Å². The Balaban J connectivity index is 2.04. The van der Waals surface area contributed by atoms with Crippen LogP contribution in [0.4, 0.5) is 5.82 Å². The fourth-order valence-electron chi connectivity index (χ4n) is 1.32. The number of thioether (sulfide) groups is 1. The number of aromatic nitrogens is 3. The smallest absolute Gasteiger partial charge is 0.143 e. The fraction of sp³-hybridized carbons (Fsp3) is 0.200. The van der Waals surface area contributed by atoms with Gasteiger partial charge in [-0.25, -0.2) is 10.8 Å². The number of anilines is 1. The molecule has 0 atom stereocenters. The first kappa shape index (κ1) is 11.0. The van der Waals surface area contributed by atoms with Crippen LogP contribution in [0.15, 0.2) is 35.6 Å². The van der Waals surface area contributed by atoms with Gasteiger partial charge in [-0.05, 0) is 6.07 Å². The van der Waals surface area contributed by atoms with Crippen molar-refractivity contribution in [1.82, 2.24) is 14.8 Å². The summed E-state index contributed by atoms with van der Waals surface area (Å²) in [5.74, 6) is 6.93. The van der Waals surface area contributed by atoms with Gasteiger partial charge in [-0.2, -0.15) is 5.10 Å². The molecule has 84 valence electrons. The van der Waals surface area contributed by atoms with Crippen molar-refractivity contribution in [3.8, 4) is 0 Å². The van der Waals surface area contributed by atoms with Gasteiger partial charge in [-0.1, -0.05) is 6.07 Å². The molecular formula is C10H13N5S. The highest BCUT2D eigenvalue weighted by Crippen LogP contribution is 2.24. The highest BCUT2D eigenvalue weighted by atomic mass is 32.2. The van der Waals surface area contributed by atoms with E-state index in [0.29, 0.717) is 0 Å². The second kappa shape index (κ2) is 5.00. The predicted octanol–water partition coefficient (Wildman–Crippen LogP) is 1.39. The summed E-state index contributed by atoms with van der Waals surface area (Å²) in [5.41, 5.74) is 3.67. The Morgan fingerprint density at radius 3 is 3.12 bits per heavy atom. The zero-order chi connectivity index (χ0) is 11.4. The lowest BCUT2D eigenvalue weighted by molar-refractivity contribution is 0.766. The number of nitrogens with zero attached hydrogens (tertiary/aromatic N) is 3. The van der Waals surface area contributed by atoms with Crippen molar-refractivity contribution < 1.29 is 0 Å². The molecule has 0 aliphatic carbocycles. The molecule has 0 amide bonds. The Kier molecular flexibility index (Phi) is 3.43. The van der Waals surface area contributed by atoms with Crippen LogP contribution in [0.25, 0.3) is 0 Å². The predicted molar refractivity (Wildman–Crippen MR) is 64.8 cm³/mol. The molecule has 0 unspecified atom stereocenters. The lowest BCUT2D eigenvalue weighted by Gasteiger charge is -2.05. The Morgan fingerprint density at radius 1 is 1.56 bits per heavy atom. The van der Waals surface area contributed by atoms with E-state index in [0.717, 1.165) is 22.0 Å². The van der Waals surface area contributed by atoms with E-state index in [1.54, 1.807) is 22.6 Å². The number of nitrogen functional groups attached to an aromatic ring is 1. The monoisotopic (exact) mass is 235 g/mol. The van der Waals surface area contributed by atoms with Crippen LogP contribution < -0.4 is 11.3 Å². The van der Waals surface area contributed by atoms with E-state index in [4.69, 9.17) is 5.84 Å². The van der Waals surface area contributed by atoms with E-state index < -0.39 is 0 Å². The summed E-state index contributed by atoms with van der Waals surface area (Å²) in [4.78, 5) is 5.28. The molecule has 2 aromatic heterocycles. The van der Waals surface area contributed by atoms with Gasteiger partial charge in [0.25, 0.3) is 0 Å². The topological polar surface area (TPSA) is 68.8 Å². The molecular weight excluding hydrogens is 222 g/mol. The summed E-state index contributed by atoms with van der Waals surface area (Å²) in [6.45, 7) is 0. The van der Waals surface area contributed by atoms with Crippen LogP contribution >= 0.6 is 11.8 Å². The minimum Gasteiger partial charge on any atom is -0.308 e. The summed E-state index contributed by atoms with van der Waals surface area (Å²) in [5, 5.41) is 4.11. The van der Waals surface area contributed by atoms with Crippen LogP contribution in [0, 0.1) is 0 Å². The zero-order valence-corrected chi connectivity index (χ0v) is 9.74. The Bertz CT molecular complexity index is 468. The maximum absolute atomic E-state index is 5.39. The summed E-state index contributed by atoms with van der Waals surface area (Å²) in [6.07, 6.45) is 5.54. The first-order valence-corrected chi connectivity index (χ1v) is 5.80. The fourth-order valence-corrected chi connectivity index (χ4v) is 2.22. The first-order valence-electron chi connectivity index (χ1n) is 4.81. The van der Waals surface area contributed by atoms with E-state index in [1.807, 2.05) is 31.6 Å². The molecule has 3 N–H and O–H groups in total. The second-order valence-electron chi connectivity index (χ2n) is 3.29. The minimum absolute atomic E-state index is 0.721. The van der Waals surface area contributed by atoms with Crippen molar-refractivity contribution in [2.24, 2.45) is 12.9 Å². The molecule has 2 heterocycles. The summed E-state index contributed by atoms with van der Waals surface area (Å²) >= 11 is 1.70. The average Bonchev–Trinajstić information content (AvgIpc) is 2.73. The van der Waals surface area contributed by atoms with Crippen molar-refractivity contribution in [1.29, 1.82) is 0 Å². The van der Waals surface area contributed by atoms with Gasteiger partial charge in [0.15, 0.2) is 0 Å². The molecule has 2 aromatic rings. The Labute approximate surface area is 98.0 Å². The number of pyridine rings is 1. The lowest BCUT2D eigenvalue weighted by atomic mass is 10.3. The first-order chi connectivity index (χ1) is 7.79. The molecule has 0 saturated heterocycles. The maximum Gasteiger partial charge on any atom is 0.143 e. The lowest BCUT2D eigenvalue weighted by Crippen LogP contribution is -2.10. The van der Waals surface area contributed by atoms with Gasteiger partial charge >= 0.3 is 0 Å². The van der Waals surface area contributed by atoms with Gasteiger partial charge in [-0.3, -0.25) is 4.68 Å². The molecule has 2 rings (SSSR count). The maximum atomic E-state index is 5.39. The molecule has 0 aliphatic heterocycles. The van der Waals surface area contributed by atoms with Crippen LogP contribution in [0.5, 0.6) is 0 Å². The zero-order valence-electron chi connectivity index (χ0n) is 8.92. The minimum atomic E-state index is 0.721. The highest BCUT2D eigenvalue weighted by Gasteiger charge is 2.03. The van der Waals surface area contributed by atoms with E-state index in [1.165, 1.54) is 0 Å². The number of nitrogens with two attached hydrogens (primary N) is 1. The van der Waals surface area contributed by atoms with E-state index in [9.17, 15) is 0 Å². The molecule has 6 heteroatoms. The standard InChI is InChI=1S/C10H13N5S/c1-15-6-9(5-13-15)16-7-8-3-2-4-12-10(8)14-11/h2-6H,7,11H2,1H3,(H,12,14). The summed E-state index contributed by atoms with van der Waals surface area (Å²) in [6, 6.07) is 3.91. The van der Waals surface area contributed by atoms with Crippen molar-refractivity contribution >= 4 is 17.6 Å². The largest absolute Gasteiger partial charge is 0.308 e. The SMILES string of the molecule is Cn1cc(SCc2cccnc2NN)cn1. The van der Waals surface area contributed by atoms with Gasteiger partial charge in [-0.15, -0.1) is 11.8 Å². The normalized spacial score (nSPS) is 10.4. The molecule has 5 nitrogen and oxygen atoms in total. The number of hydrogen-bond donors (Lipinski definition) is 2. The van der Waals surface area contributed by atoms with Crippen molar-refractivity contribution in [2.45, 2.75) is 10.6 Å². The molecule has 0 saturated carbocycles. The molecule has 0 fully saturated rings. The van der Waals surface area contributed by atoms with E-state index in [2.05, 4.69) is 15.5 Å². The molecule has 0 spiro atoms. The second-order valence-corrected chi connectivity index (χ2v) is 4.34. The van der Waals surface area contributed by atoms with Crippen molar-refractivity contribution in [2.75, 3.05) is 5.43 Å². The Hall–Kier alpha value is -1.53. The molecule has 0 aliphatic rings. The number of hydrogen-bond acceptors (Lipinski definition) is 5. The van der Waals surface area contributed by atoms with Gasteiger partial charge in [0.2, 0.25) is 0 Å². The van der Waals surface area contributed by atoms with Crippen LogP contribution in [0.1, 0.15) is 5.56 Å². The molecule has 0 bridgehead atoms. The molecule has 0 aromatic carbocycles. The van der Waals surface area contributed by atoms with Gasteiger partial charge in [0.05, 0.1) is 6.20 Å². The number of hydrazine groups is 1. The van der Waals surface area contributed by atoms with E-state index >= 15 is 0 Å². The third-order valence-electron chi connectivity index (χ3n) is 2.10. The third-order valence-corrected chi connectivity index (χ3v) is 3.10.